The Labute approximate surface area is 99.2 Å². The first kappa shape index (κ1) is 14.6. The average Bonchev–Trinajstić information content (AvgIpc) is 2.31. The molecule has 0 saturated heterocycles. The molecule has 0 atom stereocenters. The number of nitrogens with one attached hydrogen (secondary N) is 1. The predicted octanol–water partition coefficient (Wildman–Crippen LogP) is 1.59. The van der Waals surface area contributed by atoms with Crippen LogP contribution in [0.1, 0.15) is 13.8 Å². The van der Waals surface area contributed by atoms with E-state index < -0.39 is 0 Å². The summed E-state index contributed by atoms with van der Waals surface area (Å²) >= 11 is 0. The van der Waals surface area contributed by atoms with Crippen LogP contribution in [0.3, 0.4) is 0 Å². The van der Waals surface area contributed by atoms with Gasteiger partial charge in [-0.25, -0.2) is 0 Å². The molecular formula is C13H22N2O. The number of rotatable bonds is 6. The second-order valence-corrected chi connectivity index (χ2v) is 3.41. The van der Waals surface area contributed by atoms with Crippen molar-refractivity contribution in [2.45, 2.75) is 13.8 Å². The molecule has 0 aromatic rings. The number of ether oxygens (including phenoxy) is 1. The molecule has 0 amide bonds. The summed E-state index contributed by atoms with van der Waals surface area (Å²) in [5.74, 6) is 6.53. The lowest BCUT2D eigenvalue weighted by Gasteiger charge is -2.21. The average molecular weight is 222 g/mol. The Kier molecular flexibility index (Phi) is 8.10. The summed E-state index contributed by atoms with van der Waals surface area (Å²) in [4.78, 5) is 2.15. The van der Waals surface area contributed by atoms with E-state index in [1.54, 1.807) is 13.2 Å². The minimum Gasteiger partial charge on any atom is -0.495 e. The van der Waals surface area contributed by atoms with Gasteiger partial charge in [0.25, 0.3) is 0 Å². The smallest absolute Gasteiger partial charge is 0.138 e. The van der Waals surface area contributed by atoms with Gasteiger partial charge in [-0.05, 0) is 33.0 Å². The monoisotopic (exact) mass is 222 g/mol. The Bertz CT molecular complexity index is 308. The maximum atomic E-state index is 5.32. The Morgan fingerprint density at radius 3 is 2.69 bits per heavy atom. The largest absolute Gasteiger partial charge is 0.495 e. The highest BCUT2D eigenvalue weighted by molar-refractivity contribution is 5.25. The number of methoxy groups -OCH3 is 1. The van der Waals surface area contributed by atoms with Crippen molar-refractivity contribution in [3.63, 3.8) is 0 Å². The van der Waals surface area contributed by atoms with Crippen LogP contribution in [0.15, 0.2) is 23.6 Å². The molecule has 0 rings (SSSR count). The molecule has 0 aliphatic heterocycles. The van der Waals surface area contributed by atoms with Crippen LogP contribution in [0.4, 0.5) is 0 Å². The normalized spacial score (nSPS) is 11.8. The van der Waals surface area contributed by atoms with E-state index in [1.165, 1.54) is 0 Å². The SMILES string of the molecule is CC#C/C=C\C(OC)=C(/C)N(C)CCNC. The van der Waals surface area contributed by atoms with Crippen LogP contribution < -0.4 is 5.32 Å². The third-order valence-corrected chi connectivity index (χ3v) is 2.31. The molecule has 0 aromatic heterocycles. The first-order valence-corrected chi connectivity index (χ1v) is 5.36. The topological polar surface area (TPSA) is 24.5 Å². The molecule has 0 unspecified atom stereocenters. The first-order valence-electron chi connectivity index (χ1n) is 5.36. The van der Waals surface area contributed by atoms with Gasteiger partial charge in [0.15, 0.2) is 0 Å². The standard InChI is InChI=1S/C13H22N2O/c1-6-7-8-9-13(16-5)12(2)15(4)11-10-14-3/h8-9,14H,10-11H2,1-5H3/b9-8-,13-12-. The Balaban J connectivity index is 4.62. The van der Waals surface area contributed by atoms with E-state index in [0.717, 1.165) is 24.5 Å². The molecule has 0 aromatic carbocycles. The summed E-state index contributed by atoms with van der Waals surface area (Å²) in [7, 11) is 5.67. The molecule has 0 spiro atoms. The van der Waals surface area contributed by atoms with Crippen molar-refractivity contribution in [2.75, 3.05) is 34.3 Å². The number of hydrogen-bond acceptors (Lipinski definition) is 3. The molecule has 3 heteroatoms. The van der Waals surface area contributed by atoms with Gasteiger partial charge in [-0.3, -0.25) is 0 Å². The molecular weight excluding hydrogens is 200 g/mol. The highest BCUT2D eigenvalue weighted by atomic mass is 16.5. The quantitative estimate of drug-likeness (QED) is 0.420. The zero-order chi connectivity index (χ0) is 12.4. The zero-order valence-electron chi connectivity index (χ0n) is 10.9. The van der Waals surface area contributed by atoms with Crippen molar-refractivity contribution >= 4 is 0 Å². The van der Waals surface area contributed by atoms with Crippen LogP contribution in [0.2, 0.25) is 0 Å². The van der Waals surface area contributed by atoms with Crippen molar-refractivity contribution in [3.05, 3.63) is 23.6 Å². The van der Waals surface area contributed by atoms with Crippen LogP contribution in [0.25, 0.3) is 0 Å². The molecule has 0 bridgehead atoms. The molecule has 0 heterocycles. The van der Waals surface area contributed by atoms with Gasteiger partial charge in [-0.1, -0.05) is 5.92 Å². The second kappa shape index (κ2) is 8.87. The maximum absolute atomic E-state index is 5.32. The van der Waals surface area contributed by atoms with Gasteiger partial charge >= 0.3 is 0 Å². The van der Waals surface area contributed by atoms with Crippen LogP contribution in [-0.4, -0.2) is 39.2 Å². The minimum absolute atomic E-state index is 0.848. The van der Waals surface area contributed by atoms with E-state index in [-0.39, 0.29) is 0 Å². The number of hydrogen-bond donors (Lipinski definition) is 1. The van der Waals surface area contributed by atoms with Gasteiger partial charge in [0.1, 0.15) is 5.76 Å². The highest BCUT2D eigenvalue weighted by Gasteiger charge is 2.04. The van der Waals surface area contributed by atoms with E-state index in [9.17, 15) is 0 Å². The molecule has 0 radical (unpaired) electrons. The Morgan fingerprint density at radius 1 is 1.50 bits per heavy atom. The Hall–Kier alpha value is -1.40. The van der Waals surface area contributed by atoms with E-state index in [4.69, 9.17) is 4.74 Å². The predicted molar refractivity (Wildman–Crippen MR) is 68.9 cm³/mol. The van der Waals surface area contributed by atoms with Gasteiger partial charge < -0.3 is 15.0 Å². The lowest BCUT2D eigenvalue weighted by molar-refractivity contribution is 0.280. The lowest BCUT2D eigenvalue weighted by Crippen LogP contribution is -2.26. The summed E-state index contributed by atoms with van der Waals surface area (Å²) in [6.45, 7) is 5.75. The van der Waals surface area contributed by atoms with Gasteiger partial charge in [0.05, 0.1) is 12.8 Å². The van der Waals surface area contributed by atoms with Crippen LogP contribution >= 0.6 is 0 Å². The first-order chi connectivity index (χ1) is 7.67. The fourth-order valence-corrected chi connectivity index (χ4v) is 1.17. The molecule has 0 saturated carbocycles. The summed E-state index contributed by atoms with van der Waals surface area (Å²) < 4.78 is 5.32. The van der Waals surface area contributed by atoms with Crippen molar-refractivity contribution < 1.29 is 4.74 Å². The van der Waals surface area contributed by atoms with Crippen molar-refractivity contribution in [1.29, 1.82) is 0 Å². The van der Waals surface area contributed by atoms with E-state index in [1.807, 2.05) is 34.0 Å². The third-order valence-electron chi connectivity index (χ3n) is 2.31. The number of likely N-dealkylation sites (N-methyl/N-ethyl adjacent to an activating group) is 2. The fourth-order valence-electron chi connectivity index (χ4n) is 1.17. The van der Waals surface area contributed by atoms with E-state index in [0.29, 0.717) is 0 Å². The van der Waals surface area contributed by atoms with Gasteiger partial charge in [0.2, 0.25) is 0 Å². The molecule has 90 valence electrons. The van der Waals surface area contributed by atoms with Crippen molar-refractivity contribution in [2.24, 2.45) is 0 Å². The molecule has 0 aliphatic carbocycles. The van der Waals surface area contributed by atoms with Gasteiger partial charge in [0, 0.05) is 20.1 Å². The summed E-state index contributed by atoms with van der Waals surface area (Å²) in [5, 5.41) is 3.12. The summed E-state index contributed by atoms with van der Waals surface area (Å²) in [5.41, 5.74) is 1.10. The van der Waals surface area contributed by atoms with Gasteiger partial charge in [-0.15, -0.1) is 5.92 Å². The van der Waals surface area contributed by atoms with Gasteiger partial charge in [-0.2, -0.15) is 0 Å². The molecule has 0 fully saturated rings. The highest BCUT2D eigenvalue weighted by Crippen LogP contribution is 2.09. The fraction of sp³-hybridized carbons (Fsp3) is 0.538. The van der Waals surface area contributed by atoms with E-state index >= 15 is 0 Å². The maximum Gasteiger partial charge on any atom is 0.138 e. The van der Waals surface area contributed by atoms with Crippen molar-refractivity contribution in [3.8, 4) is 11.8 Å². The van der Waals surface area contributed by atoms with Crippen LogP contribution in [-0.2, 0) is 4.74 Å². The molecule has 0 aliphatic rings. The zero-order valence-corrected chi connectivity index (χ0v) is 10.9. The molecule has 3 nitrogen and oxygen atoms in total. The third kappa shape index (κ3) is 5.47. The van der Waals surface area contributed by atoms with Crippen LogP contribution in [0.5, 0.6) is 0 Å². The van der Waals surface area contributed by atoms with Crippen molar-refractivity contribution in [1.82, 2.24) is 10.2 Å². The summed E-state index contributed by atoms with van der Waals surface area (Å²) in [6, 6.07) is 0. The lowest BCUT2D eigenvalue weighted by atomic mass is 10.3. The molecule has 16 heavy (non-hydrogen) atoms. The molecule has 1 N–H and O–H groups in total. The number of allylic oxidation sites excluding steroid dienone is 3. The Morgan fingerprint density at radius 2 is 2.19 bits per heavy atom. The summed E-state index contributed by atoms with van der Waals surface area (Å²) in [6.07, 6.45) is 3.69. The van der Waals surface area contributed by atoms with Crippen LogP contribution in [0, 0.1) is 11.8 Å². The van der Waals surface area contributed by atoms with E-state index in [2.05, 4.69) is 22.1 Å². The minimum atomic E-state index is 0.848. The second-order valence-electron chi connectivity index (χ2n) is 3.41. The number of nitrogens with zero attached hydrogens (tertiary/aromatic N) is 1.